The average molecular weight is 385 g/mol. The van der Waals surface area contributed by atoms with Crippen molar-refractivity contribution in [3.8, 4) is 0 Å². The van der Waals surface area contributed by atoms with Crippen LogP contribution < -0.4 is 4.90 Å². The molecule has 4 heteroatoms. The van der Waals surface area contributed by atoms with Crippen LogP contribution in [0.4, 0.5) is 5.69 Å². The Balaban J connectivity index is 1.85. The van der Waals surface area contributed by atoms with Crippen LogP contribution in [0.15, 0.2) is 64.1 Å². The molecule has 1 heterocycles. The number of carbonyl (C=O) groups excluding carboxylic acids is 1. The molecular weight excluding hydrogens is 364 g/mol. The molecule has 1 aliphatic rings. The highest BCUT2D eigenvalue weighted by Crippen LogP contribution is 2.20. The SMILES string of the molecule is O=C(CN(C1=NCCCCC1)c1ccccc1)c1ccc(Br)cc1. The Bertz CT molecular complexity index is 710. The van der Waals surface area contributed by atoms with Gasteiger partial charge in [0.2, 0.25) is 0 Å². The lowest BCUT2D eigenvalue weighted by atomic mass is 10.1. The lowest BCUT2D eigenvalue weighted by Crippen LogP contribution is -2.35. The fourth-order valence-electron chi connectivity index (χ4n) is 2.89. The Morgan fingerprint density at radius 2 is 1.75 bits per heavy atom. The van der Waals surface area contributed by atoms with Crippen LogP contribution in [-0.4, -0.2) is 24.7 Å². The van der Waals surface area contributed by atoms with Crippen molar-refractivity contribution in [3.05, 3.63) is 64.6 Å². The number of halogens is 1. The number of carbonyl (C=O) groups is 1. The van der Waals surface area contributed by atoms with E-state index >= 15 is 0 Å². The summed E-state index contributed by atoms with van der Waals surface area (Å²) < 4.78 is 0.979. The summed E-state index contributed by atoms with van der Waals surface area (Å²) in [6, 6.07) is 17.6. The third-order valence-corrected chi connectivity index (χ3v) is 4.73. The van der Waals surface area contributed by atoms with Crippen molar-refractivity contribution in [2.24, 2.45) is 4.99 Å². The highest BCUT2D eigenvalue weighted by molar-refractivity contribution is 9.10. The summed E-state index contributed by atoms with van der Waals surface area (Å²) in [6.07, 6.45) is 4.40. The molecule has 0 spiro atoms. The fourth-order valence-corrected chi connectivity index (χ4v) is 3.15. The standard InChI is InChI=1S/C20H21BrN2O/c21-17-12-10-16(11-13-17)19(24)15-23(18-7-3-1-4-8-18)20-9-5-2-6-14-22-20/h1,3-4,7-8,10-13H,2,5-6,9,14-15H2. The van der Waals surface area contributed by atoms with E-state index in [2.05, 4.69) is 20.8 Å². The van der Waals surface area contributed by atoms with Crippen LogP contribution in [0.1, 0.15) is 36.0 Å². The monoisotopic (exact) mass is 384 g/mol. The summed E-state index contributed by atoms with van der Waals surface area (Å²) in [5.74, 6) is 1.14. The maximum Gasteiger partial charge on any atom is 0.182 e. The number of nitrogens with zero attached hydrogens (tertiary/aromatic N) is 2. The lowest BCUT2D eigenvalue weighted by molar-refractivity contribution is 0.100. The normalized spacial score (nSPS) is 14.6. The molecule has 0 fully saturated rings. The van der Waals surface area contributed by atoms with E-state index in [-0.39, 0.29) is 5.78 Å². The second kappa shape index (κ2) is 8.25. The van der Waals surface area contributed by atoms with Crippen molar-refractivity contribution < 1.29 is 4.79 Å². The molecule has 2 aromatic rings. The fraction of sp³-hybridized carbons (Fsp3) is 0.300. The van der Waals surface area contributed by atoms with Crippen LogP contribution in [-0.2, 0) is 0 Å². The van der Waals surface area contributed by atoms with Crippen LogP contribution in [0, 0.1) is 0 Å². The molecule has 0 unspecified atom stereocenters. The van der Waals surface area contributed by atoms with E-state index in [9.17, 15) is 4.79 Å². The van der Waals surface area contributed by atoms with E-state index in [4.69, 9.17) is 4.99 Å². The molecule has 0 amide bonds. The largest absolute Gasteiger partial charge is 0.322 e. The van der Waals surface area contributed by atoms with E-state index in [0.717, 1.165) is 47.4 Å². The zero-order valence-corrected chi connectivity index (χ0v) is 15.2. The molecule has 0 bridgehead atoms. The van der Waals surface area contributed by atoms with Crippen molar-refractivity contribution in [1.82, 2.24) is 0 Å². The van der Waals surface area contributed by atoms with Crippen molar-refractivity contribution in [2.45, 2.75) is 25.7 Å². The minimum absolute atomic E-state index is 0.110. The molecule has 0 aromatic heterocycles. The summed E-state index contributed by atoms with van der Waals surface area (Å²) in [4.78, 5) is 19.6. The van der Waals surface area contributed by atoms with Crippen LogP contribution >= 0.6 is 15.9 Å². The lowest BCUT2D eigenvalue weighted by Gasteiger charge is -2.25. The summed E-state index contributed by atoms with van der Waals surface area (Å²) >= 11 is 3.41. The molecule has 3 nitrogen and oxygen atoms in total. The second-order valence-electron chi connectivity index (χ2n) is 5.96. The molecule has 0 atom stereocenters. The van der Waals surface area contributed by atoms with Gasteiger partial charge >= 0.3 is 0 Å². The van der Waals surface area contributed by atoms with Crippen LogP contribution in [0.2, 0.25) is 0 Å². The number of anilines is 1. The number of ketones is 1. The number of benzene rings is 2. The van der Waals surface area contributed by atoms with Gasteiger partial charge in [-0.05, 0) is 37.1 Å². The van der Waals surface area contributed by atoms with Gasteiger partial charge in [0.1, 0.15) is 5.84 Å². The quantitative estimate of drug-likeness (QED) is 0.685. The third kappa shape index (κ3) is 4.32. The highest BCUT2D eigenvalue weighted by Gasteiger charge is 2.19. The van der Waals surface area contributed by atoms with Gasteiger partial charge in [-0.25, -0.2) is 0 Å². The zero-order valence-electron chi connectivity index (χ0n) is 13.6. The molecule has 2 aromatic carbocycles. The van der Waals surface area contributed by atoms with Gasteiger partial charge in [0.25, 0.3) is 0 Å². The maximum absolute atomic E-state index is 12.8. The van der Waals surface area contributed by atoms with E-state index < -0.39 is 0 Å². The minimum Gasteiger partial charge on any atom is -0.322 e. The van der Waals surface area contributed by atoms with Gasteiger partial charge in [-0.1, -0.05) is 52.7 Å². The number of hydrogen-bond donors (Lipinski definition) is 0. The maximum atomic E-state index is 12.8. The summed E-state index contributed by atoms with van der Waals surface area (Å²) in [5.41, 5.74) is 1.76. The van der Waals surface area contributed by atoms with Crippen molar-refractivity contribution in [3.63, 3.8) is 0 Å². The molecule has 124 valence electrons. The van der Waals surface area contributed by atoms with Gasteiger partial charge in [0, 0.05) is 28.7 Å². The Hall–Kier alpha value is -1.94. The van der Waals surface area contributed by atoms with Gasteiger partial charge < -0.3 is 4.90 Å². The molecule has 24 heavy (non-hydrogen) atoms. The minimum atomic E-state index is 0.110. The first-order valence-corrected chi connectivity index (χ1v) is 9.18. The number of amidine groups is 1. The smallest absolute Gasteiger partial charge is 0.182 e. The predicted molar refractivity (Wildman–Crippen MR) is 103 cm³/mol. The topological polar surface area (TPSA) is 32.7 Å². The Kier molecular flexibility index (Phi) is 5.81. The number of para-hydroxylation sites is 1. The molecule has 3 rings (SSSR count). The van der Waals surface area contributed by atoms with E-state index in [0.29, 0.717) is 6.54 Å². The van der Waals surface area contributed by atoms with E-state index in [1.165, 1.54) is 6.42 Å². The van der Waals surface area contributed by atoms with Gasteiger partial charge in [0.15, 0.2) is 5.78 Å². The molecule has 0 saturated heterocycles. The van der Waals surface area contributed by atoms with Gasteiger partial charge in [-0.15, -0.1) is 0 Å². The molecule has 0 radical (unpaired) electrons. The molecule has 0 aliphatic carbocycles. The average Bonchev–Trinajstić information content (AvgIpc) is 2.90. The number of rotatable bonds is 4. The highest BCUT2D eigenvalue weighted by atomic mass is 79.9. The van der Waals surface area contributed by atoms with Crippen molar-refractivity contribution in [1.29, 1.82) is 0 Å². The van der Waals surface area contributed by atoms with Crippen LogP contribution in [0.25, 0.3) is 0 Å². The van der Waals surface area contributed by atoms with Crippen LogP contribution in [0.5, 0.6) is 0 Å². The second-order valence-corrected chi connectivity index (χ2v) is 6.88. The van der Waals surface area contributed by atoms with Crippen LogP contribution in [0.3, 0.4) is 0 Å². The molecule has 0 saturated carbocycles. The Morgan fingerprint density at radius 3 is 2.50 bits per heavy atom. The third-order valence-electron chi connectivity index (χ3n) is 4.20. The number of aliphatic imine (C=N–C) groups is 1. The Morgan fingerprint density at radius 1 is 1.00 bits per heavy atom. The van der Waals surface area contributed by atoms with Gasteiger partial charge in [-0.2, -0.15) is 0 Å². The zero-order chi connectivity index (χ0) is 16.8. The van der Waals surface area contributed by atoms with E-state index in [1.807, 2.05) is 54.6 Å². The van der Waals surface area contributed by atoms with Crippen molar-refractivity contribution >= 4 is 33.2 Å². The molecule has 1 aliphatic heterocycles. The first-order valence-electron chi connectivity index (χ1n) is 8.39. The number of hydrogen-bond acceptors (Lipinski definition) is 3. The van der Waals surface area contributed by atoms with E-state index in [1.54, 1.807) is 0 Å². The molecule has 0 N–H and O–H groups in total. The Labute approximate surface area is 151 Å². The predicted octanol–water partition coefficient (Wildman–Crippen LogP) is 5.11. The van der Waals surface area contributed by atoms with Crippen molar-refractivity contribution in [2.75, 3.05) is 18.0 Å². The van der Waals surface area contributed by atoms with Gasteiger partial charge in [-0.3, -0.25) is 9.79 Å². The summed E-state index contributed by atoms with van der Waals surface area (Å²) in [7, 11) is 0. The summed E-state index contributed by atoms with van der Waals surface area (Å²) in [6.45, 7) is 1.18. The van der Waals surface area contributed by atoms with Gasteiger partial charge in [0.05, 0.1) is 6.54 Å². The first kappa shape index (κ1) is 16.9. The number of Topliss-reactive ketones (excluding diaryl/α,β-unsaturated/α-hetero) is 1. The molecular formula is C20H21BrN2O. The first-order chi connectivity index (χ1) is 11.7. The summed E-state index contributed by atoms with van der Waals surface area (Å²) in [5, 5.41) is 0.